The predicted molar refractivity (Wildman–Crippen MR) is 45.5 cm³/mol. The largest absolute Gasteiger partial charge is 0.472 e. The normalized spacial score (nSPS) is 16.1. The van der Waals surface area contributed by atoms with Crippen LogP contribution in [0.1, 0.15) is 0 Å². The highest BCUT2D eigenvalue weighted by atomic mass is 31.2. The molecule has 0 fully saturated rings. The van der Waals surface area contributed by atoms with Gasteiger partial charge in [-0.3, -0.25) is 9.05 Å². The molecular formula is C6H15O6P. The summed E-state index contributed by atoms with van der Waals surface area (Å²) in [6, 6.07) is 0. The third-order valence-corrected chi connectivity index (χ3v) is 2.24. The summed E-state index contributed by atoms with van der Waals surface area (Å²) < 4.78 is 29.4. The van der Waals surface area contributed by atoms with E-state index >= 15 is 0 Å². The zero-order valence-corrected chi connectivity index (χ0v) is 8.82. The smallest absolute Gasteiger partial charge is 0.382 e. The van der Waals surface area contributed by atoms with Gasteiger partial charge in [-0.1, -0.05) is 0 Å². The number of methoxy groups -OCH3 is 2. The van der Waals surface area contributed by atoms with Crippen LogP contribution in [0, 0.1) is 0 Å². The standard InChI is InChI=1S/C6H15O6P/c1-9-4-6(5-10-2)12-13(7,8)11-3/h6H,4-5H2,1-3H3,(H,7,8). The van der Waals surface area contributed by atoms with E-state index in [-0.39, 0.29) is 13.2 Å². The summed E-state index contributed by atoms with van der Waals surface area (Å²) in [5, 5.41) is 0. The molecule has 0 aromatic carbocycles. The fourth-order valence-corrected chi connectivity index (χ4v) is 1.30. The third kappa shape index (κ3) is 6.15. The summed E-state index contributed by atoms with van der Waals surface area (Å²) in [6.07, 6.45) is -0.606. The van der Waals surface area contributed by atoms with Gasteiger partial charge >= 0.3 is 7.82 Å². The highest BCUT2D eigenvalue weighted by Gasteiger charge is 2.24. The van der Waals surface area contributed by atoms with Gasteiger partial charge in [0.1, 0.15) is 6.10 Å². The lowest BCUT2D eigenvalue weighted by molar-refractivity contribution is 0.00527. The van der Waals surface area contributed by atoms with E-state index in [4.69, 9.17) is 18.9 Å². The summed E-state index contributed by atoms with van der Waals surface area (Å²) in [4.78, 5) is 8.95. The second kappa shape index (κ2) is 6.48. The minimum absolute atomic E-state index is 0.168. The van der Waals surface area contributed by atoms with Crippen molar-refractivity contribution in [1.82, 2.24) is 0 Å². The highest BCUT2D eigenvalue weighted by Crippen LogP contribution is 2.43. The quantitative estimate of drug-likeness (QED) is 0.619. The van der Waals surface area contributed by atoms with Gasteiger partial charge in [-0.2, -0.15) is 0 Å². The third-order valence-electron chi connectivity index (χ3n) is 1.22. The van der Waals surface area contributed by atoms with Crippen LogP contribution >= 0.6 is 7.82 Å². The molecule has 0 heterocycles. The van der Waals surface area contributed by atoms with E-state index in [1.807, 2.05) is 0 Å². The fraction of sp³-hybridized carbons (Fsp3) is 1.00. The van der Waals surface area contributed by atoms with E-state index in [9.17, 15) is 4.57 Å². The van der Waals surface area contributed by atoms with Crippen molar-refractivity contribution in [1.29, 1.82) is 0 Å². The number of hydrogen-bond acceptors (Lipinski definition) is 5. The second-order valence-corrected chi connectivity index (χ2v) is 3.80. The minimum atomic E-state index is -3.95. The molecule has 80 valence electrons. The lowest BCUT2D eigenvalue weighted by Gasteiger charge is -2.17. The Bertz CT molecular complexity index is 167. The number of hydrogen-bond donors (Lipinski definition) is 1. The molecule has 6 nitrogen and oxygen atoms in total. The van der Waals surface area contributed by atoms with E-state index < -0.39 is 13.9 Å². The molecule has 1 N–H and O–H groups in total. The van der Waals surface area contributed by atoms with Crippen LogP contribution in [-0.2, 0) is 23.1 Å². The fourth-order valence-electron chi connectivity index (χ4n) is 0.712. The van der Waals surface area contributed by atoms with E-state index in [0.717, 1.165) is 7.11 Å². The first kappa shape index (κ1) is 13.0. The van der Waals surface area contributed by atoms with Crippen LogP contribution in [0.5, 0.6) is 0 Å². The first-order valence-electron chi connectivity index (χ1n) is 3.60. The van der Waals surface area contributed by atoms with Gasteiger partial charge in [0.05, 0.1) is 13.2 Å². The average molecular weight is 214 g/mol. The molecule has 0 aromatic heterocycles. The van der Waals surface area contributed by atoms with Crippen LogP contribution in [0.4, 0.5) is 0 Å². The SMILES string of the molecule is COCC(COC)OP(=O)(O)OC. The van der Waals surface area contributed by atoms with Gasteiger partial charge in [-0.05, 0) is 0 Å². The highest BCUT2D eigenvalue weighted by molar-refractivity contribution is 7.47. The van der Waals surface area contributed by atoms with Crippen LogP contribution in [0.15, 0.2) is 0 Å². The summed E-state index contributed by atoms with van der Waals surface area (Å²) in [7, 11) is 0.0646. The molecule has 13 heavy (non-hydrogen) atoms. The van der Waals surface area contributed by atoms with Gasteiger partial charge in [-0.25, -0.2) is 4.57 Å². The van der Waals surface area contributed by atoms with Crippen LogP contribution in [0.3, 0.4) is 0 Å². The van der Waals surface area contributed by atoms with Crippen molar-refractivity contribution in [3.05, 3.63) is 0 Å². The summed E-state index contributed by atoms with van der Waals surface area (Å²) in [6.45, 7) is 0.337. The maximum absolute atomic E-state index is 10.9. The van der Waals surface area contributed by atoms with Gasteiger partial charge < -0.3 is 14.4 Å². The van der Waals surface area contributed by atoms with Crippen molar-refractivity contribution in [3.8, 4) is 0 Å². The molecule has 0 spiro atoms. The van der Waals surface area contributed by atoms with Gasteiger partial charge in [0, 0.05) is 21.3 Å². The molecule has 0 aromatic rings. The maximum Gasteiger partial charge on any atom is 0.472 e. The first-order valence-corrected chi connectivity index (χ1v) is 5.10. The van der Waals surface area contributed by atoms with Crippen molar-refractivity contribution in [3.63, 3.8) is 0 Å². The summed E-state index contributed by atoms with van der Waals surface area (Å²) >= 11 is 0. The molecule has 7 heteroatoms. The molecule has 0 rings (SSSR count). The summed E-state index contributed by atoms with van der Waals surface area (Å²) in [5.41, 5.74) is 0. The van der Waals surface area contributed by atoms with Gasteiger partial charge in [0.25, 0.3) is 0 Å². The zero-order valence-electron chi connectivity index (χ0n) is 7.93. The van der Waals surface area contributed by atoms with E-state index in [1.165, 1.54) is 14.2 Å². The predicted octanol–water partition coefficient (Wildman–Crippen LogP) is 0.411. The van der Waals surface area contributed by atoms with Crippen molar-refractivity contribution in [2.24, 2.45) is 0 Å². The van der Waals surface area contributed by atoms with E-state index in [1.54, 1.807) is 0 Å². The van der Waals surface area contributed by atoms with Crippen LogP contribution in [-0.4, -0.2) is 45.5 Å². The van der Waals surface area contributed by atoms with Crippen molar-refractivity contribution in [2.45, 2.75) is 6.10 Å². The van der Waals surface area contributed by atoms with Crippen molar-refractivity contribution in [2.75, 3.05) is 34.5 Å². The van der Waals surface area contributed by atoms with Crippen molar-refractivity contribution < 1.29 is 28.0 Å². The Labute approximate surface area is 77.4 Å². The topological polar surface area (TPSA) is 74.2 Å². The lowest BCUT2D eigenvalue weighted by Crippen LogP contribution is -2.23. The first-order chi connectivity index (χ1) is 6.05. The Balaban J connectivity index is 4.00. The molecule has 1 unspecified atom stereocenters. The van der Waals surface area contributed by atoms with Gasteiger partial charge in [0.2, 0.25) is 0 Å². The molecule has 0 saturated carbocycles. The maximum atomic E-state index is 10.9. The molecule has 0 aliphatic rings. The van der Waals surface area contributed by atoms with Gasteiger partial charge in [0.15, 0.2) is 0 Å². The Hall–Kier alpha value is 0.0300. The second-order valence-electron chi connectivity index (χ2n) is 2.29. The van der Waals surface area contributed by atoms with Crippen molar-refractivity contribution >= 4 is 7.82 Å². The molecule has 0 radical (unpaired) electrons. The number of phosphoric acid groups is 1. The average Bonchev–Trinajstić information content (AvgIpc) is 2.05. The minimum Gasteiger partial charge on any atom is -0.382 e. The molecule has 1 atom stereocenters. The molecular weight excluding hydrogens is 199 g/mol. The number of ether oxygens (including phenoxy) is 2. The van der Waals surface area contributed by atoms with E-state index in [2.05, 4.69) is 4.52 Å². The van der Waals surface area contributed by atoms with Crippen LogP contribution in [0.25, 0.3) is 0 Å². The zero-order chi connectivity index (χ0) is 10.3. The van der Waals surface area contributed by atoms with Crippen LogP contribution < -0.4 is 0 Å². The van der Waals surface area contributed by atoms with Gasteiger partial charge in [-0.15, -0.1) is 0 Å². The lowest BCUT2D eigenvalue weighted by atomic mass is 10.4. The molecule has 0 saturated heterocycles. The van der Waals surface area contributed by atoms with E-state index in [0.29, 0.717) is 0 Å². The monoisotopic (exact) mass is 214 g/mol. The molecule has 0 aliphatic carbocycles. The Morgan fingerprint density at radius 3 is 2.00 bits per heavy atom. The Morgan fingerprint density at radius 2 is 1.69 bits per heavy atom. The molecule has 0 amide bonds. The summed E-state index contributed by atoms with van der Waals surface area (Å²) in [5.74, 6) is 0. The van der Waals surface area contributed by atoms with Crippen LogP contribution in [0.2, 0.25) is 0 Å². The molecule has 0 bridgehead atoms. The Morgan fingerprint density at radius 1 is 1.23 bits per heavy atom. The molecule has 0 aliphatic heterocycles. The number of phosphoric ester groups is 1. The number of rotatable bonds is 7. The Kier molecular flexibility index (Phi) is 6.49.